The third kappa shape index (κ3) is 2.65. The normalized spacial score (nSPS) is 17.4. The molecule has 2 heterocycles. The van der Waals surface area contributed by atoms with Crippen LogP contribution in [0.5, 0.6) is 0 Å². The number of para-hydroxylation sites is 1. The number of imidazole rings is 1. The molecule has 21 heavy (non-hydrogen) atoms. The van der Waals surface area contributed by atoms with Crippen LogP contribution in [-0.2, 0) is 6.54 Å². The van der Waals surface area contributed by atoms with E-state index in [-0.39, 0.29) is 5.56 Å². The van der Waals surface area contributed by atoms with Gasteiger partial charge in [0.2, 0.25) is 0 Å². The van der Waals surface area contributed by atoms with Crippen molar-refractivity contribution in [2.24, 2.45) is 5.92 Å². The Labute approximate surface area is 124 Å². The van der Waals surface area contributed by atoms with E-state index in [1.54, 1.807) is 12.1 Å². The highest BCUT2D eigenvalue weighted by atomic mass is 16.4. The van der Waals surface area contributed by atoms with Gasteiger partial charge in [0.15, 0.2) is 0 Å². The number of hydrogen-bond acceptors (Lipinski definition) is 3. The van der Waals surface area contributed by atoms with E-state index in [4.69, 9.17) is 0 Å². The van der Waals surface area contributed by atoms with Crippen molar-refractivity contribution in [1.29, 1.82) is 0 Å². The molecule has 112 valence electrons. The molecule has 0 unspecified atom stereocenters. The molecule has 5 heteroatoms. The van der Waals surface area contributed by atoms with E-state index in [2.05, 4.69) is 21.5 Å². The quantitative estimate of drug-likeness (QED) is 0.941. The molecule has 0 bridgehead atoms. The van der Waals surface area contributed by atoms with Crippen LogP contribution < -0.4 is 0 Å². The van der Waals surface area contributed by atoms with Crippen LogP contribution in [0.3, 0.4) is 0 Å². The van der Waals surface area contributed by atoms with Gasteiger partial charge in [-0.1, -0.05) is 6.07 Å². The number of carboxylic acid groups (broad SMARTS) is 1. The second kappa shape index (κ2) is 5.48. The number of piperidine rings is 1. The van der Waals surface area contributed by atoms with Gasteiger partial charge in [0.05, 0.1) is 11.1 Å². The minimum atomic E-state index is -0.912. The van der Waals surface area contributed by atoms with Crippen LogP contribution in [0.25, 0.3) is 11.0 Å². The van der Waals surface area contributed by atoms with Crippen LogP contribution in [-0.4, -0.2) is 45.7 Å². The third-order valence-electron chi connectivity index (χ3n) is 4.48. The fraction of sp³-hybridized carbons (Fsp3) is 0.500. The van der Waals surface area contributed by atoms with E-state index < -0.39 is 5.97 Å². The minimum absolute atomic E-state index is 0.290. The molecule has 5 nitrogen and oxygen atoms in total. The van der Waals surface area contributed by atoms with Gasteiger partial charge in [0.25, 0.3) is 0 Å². The molecule has 3 rings (SSSR count). The lowest BCUT2D eigenvalue weighted by Crippen LogP contribution is -2.32. The molecule has 0 aliphatic carbocycles. The first-order valence-electron chi connectivity index (χ1n) is 7.44. The van der Waals surface area contributed by atoms with Crippen LogP contribution in [0, 0.1) is 12.8 Å². The highest BCUT2D eigenvalue weighted by Crippen LogP contribution is 2.24. The molecule has 1 aliphatic heterocycles. The van der Waals surface area contributed by atoms with Crippen molar-refractivity contribution < 1.29 is 9.90 Å². The van der Waals surface area contributed by atoms with Gasteiger partial charge in [-0.2, -0.15) is 0 Å². The molecule has 1 aromatic carbocycles. The van der Waals surface area contributed by atoms with Gasteiger partial charge in [-0.25, -0.2) is 9.78 Å². The zero-order valence-electron chi connectivity index (χ0n) is 12.5. The number of hydrogen-bond donors (Lipinski definition) is 1. The van der Waals surface area contributed by atoms with Crippen LogP contribution in [0.15, 0.2) is 18.2 Å². The van der Waals surface area contributed by atoms with Crippen molar-refractivity contribution in [3.63, 3.8) is 0 Å². The molecule has 0 spiro atoms. The number of aryl methyl sites for hydroxylation is 1. The fourth-order valence-corrected chi connectivity index (χ4v) is 3.17. The highest BCUT2D eigenvalue weighted by Gasteiger charge is 2.20. The number of rotatable bonds is 3. The van der Waals surface area contributed by atoms with E-state index in [1.807, 2.05) is 13.0 Å². The summed E-state index contributed by atoms with van der Waals surface area (Å²) in [4.78, 5) is 18.2. The zero-order chi connectivity index (χ0) is 15.0. The Kier molecular flexibility index (Phi) is 3.68. The summed E-state index contributed by atoms with van der Waals surface area (Å²) in [6.07, 6.45) is 2.38. The number of benzene rings is 1. The first kappa shape index (κ1) is 14.1. The third-order valence-corrected chi connectivity index (χ3v) is 4.48. The Morgan fingerprint density at radius 3 is 2.76 bits per heavy atom. The number of likely N-dealkylation sites (tertiary alicyclic amines) is 1. The maximum Gasteiger partial charge on any atom is 0.337 e. The predicted octanol–water partition coefficient (Wildman–Crippen LogP) is 2.38. The van der Waals surface area contributed by atoms with Gasteiger partial charge in [-0.05, 0) is 58.0 Å². The first-order chi connectivity index (χ1) is 10.1. The summed E-state index contributed by atoms with van der Waals surface area (Å²) in [5, 5.41) is 9.28. The Bertz CT molecular complexity index is 669. The van der Waals surface area contributed by atoms with Crippen molar-refractivity contribution in [3.05, 3.63) is 29.6 Å². The van der Waals surface area contributed by atoms with Gasteiger partial charge in [-0.15, -0.1) is 0 Å². The number of nitrogens with zero attached hydrogens (tertiary/aromatic N) is 3. The summed E-state index contributed by atoms with van der Waals surface area (Å²) in [6, 6.07) is 5.39. The second-order valence-electron chi connectivity index (χ2n) is 5.99. The monoisotopic (exact) mass is 287 g/mol. The summed E-state index contributed by atoms with van der Waals surface area (Å²) in [7, 11) is 2.16. The maximum absolute atomic E-state index is 11.3. The first-order valence-corrected chi connectivity index (χ1v) is 7.44. The van der Waals surface area contributed by atoms with E-state index in [1.165, 1.54) is 12.8 Å². The number of aromatic carboxylic acids is 1. The molecule has 1 saturated heterocycles. The van der Waals surface area contributed by atoms with Crippen molar-refractivity contribution in [2.45, 2.75) is 26.3 Å². The van der Waals surface area contributed by atoms with Crippen molar-refractivity contribution in [3.8, 4) is 0 Å². The van der Waals surface area contributed by atoms with Crippen LogP contribution in [0.2, 0.25) is 0 Å². The summed E-state index contributed by atoms with van der Waals surface area (Å²) in [5.74, 6) is 0.632. The van der Waals surface area contributed by atoms with E-state index in [0.717, 1.165) is 31.0 Å². The Morgan fingerprint density at radius 1 is 1.38 bits per heavy atom. The SMILES string of the molecule is Cc1nc2c(C(=O)O)cccc2n1CC1CCN(C)CC1. The van der Waals surface area contributed by atoms with Crippen molar-refractivity contribution in [2.75, 3.05) is 20.1 Å². The molecule has 1 aromatic heterocycles. The van der Waals surface area contributed by atoms with Crippen LogP contribution >= 0.6 is 0 Å². The smallest absolute Gasteiger partial charge is 0.337 e. The van der Waals surface area contributed by atoms with E-state index >= 15 is 0 Å². The molecule has 1 N–H and O–H groups in total. The molecule has 0 amide bonds. The standard InChI is InChI=1S/C16H21N3O2/c1-11-17-15-13(16(20)21)4-3-5-14(15)19(11)10-12-6-8-18(2)9-7-12/h3-5,12H,6-10H2,1-2H3,(H,20,21). The number of fused-ring (bicyclic) bond motifs is 1. The molecule has 1 fully saturated rings. The number of carbonyl (C=O) groups is 1. The van der Waals surface area contributed by atoms with Gasteiger partial charge in [0, 0.05) is 6.54 Å². The zero-order valence-corrected chi connectivity index (χ0v) is 12.5. The Morgan fingerprint density at radius 2 is 2.10 bits per heavy atom. The Balaban J connectivity index is 1.94. The molecule has 0 saturated carbocycles. The lowest BCUT2D eigenvalue weighted by Gasteiger charge is -2.29. The molecule has 1 aliphatic rings. The van der Waals surface area contributed by atoms with E-state index in [9.17, 15) is 9.90 Å². The summed E-state index contributed by atoms with van der Waals surface area (Å²) < 4.78 is 2.18. The number of carboxylic acids is 1. The van der Waals surface area contributed by atoms with Gasteiger partial charge in [-0.3, -0.25) is 0 Å². The minimum Gasteiger partial charge on any atom is -0.478 e. The van der Waals surface area contributed by atoms with Gasteiger partial charge < -0.3 is 14.6 Å². The predicted molar refractivity (Wildman–Crippen MR) is 81.7 cm³/mol. The molecular weight excluding hydrogens is 266 g/mol. The largest absolute Gasteiger partial charge is 0.478 e. The average molecular weight is 287 g/mol. The summed E-state index contributed by atoms with van der Waals surface area (Å²) >= 11 is 0. The second-order valence-corrected chi connectivity index (χ2v) is 5.99. The average Bonchev–Trinajstić information content (AvgIpc) is 2.77. The molecule has 0 atom stereocenters. The highest BCUT2D eigenvalue weighted by molar-refractivity contribution is 6.01. The van der Waals surface area contributed by atoms with E-state index in [0.29, 0.717) is 11.4 Å². The van der Waals surface area contributed by atoms with Crippen LogP contribution in [0.1, 0.15) is 29.0 Å². The fourth-order valence-electron chi connectivity index (χ4n) is 3.17. The number of aromatic nitrogens is 2. The van der Waals surface area contributed by atoms with Crippen LogP contribution in [0.4, 0.5) is 0 Å². The molecular formula is C16H21N3O2. The van der Waals surface area contributed by atoms with Gasteiger partial charge in [0.1, 0.15) is 11.3 Å². The maximum atomic E-state index is 11.3. The molecule has 0 radical (unpaired) electrons. The van der Waals surface area contributed by atoms with Crippen molar-refractivity contribution >= 4 is 17.0 Å². The summed E-state index contributed by atoms with van der Waals surface area (Å²) in [5.41, 5.74) is 1.83. The van der Waals surface area contributed by atoms with Gasteiger partial charge >= 0.3 is 5.97 Å². The molecule has 2 aromatic rings. The lowest BCUT2D eigenvalue weighted by molar-refractivity contribution is 0.0699. The van der Waals surface area contributed by atoms with Crippen molar-refractivity contribution in [1.82, 2.24) is 14.5 Å². The topological polar surface area (TPSA) is 58.4 Å². The Hall–Kier alpha value is -1.88. The summed E-state index contributed by atoms with van der Waals surface area (Å²) in [6.45, 7) is 5.16. The lowest BCUT2D eigenvalue weighted by atomic mass is 9.97.